The van der Waals surface area contributed by atoms with Gasteiger partial charge in [-0.3, -0.25) is 4.79 Å². The Bertz CT molecular complexity index is 713. The van der Waals surface area contributed by atoms with E-state index >= 15 is 0 Å². The van der Waals surface area contributed by atoms with Crippen molar-refractivity contribution < 1.29 is 9.32 Å². The lowest BCUT2D eigenvalue weighted by Gasteiger charge is -2.04. The van der Waals surface area contributed by atoms with Crippen LogP contribution in [0.4, 0.5) is 5.69 Å². The fourth-order valence-corrected chi connectivity index (χ4v) is 2.60. The van der Waals surface area contributed by atoms with E-state index in [2.05, 4.69) is 10.5 Å². The quantitative estimate of drug-likeness (QED) is 0.858. The predicted molar refractivity (Wildman–Crippen MR) is 76.9 cm³/mol. The number of carbonyl (C=O) groups is 1. The molecule has 0 atom stereocenters. The van der Waals surface area contributed by atoms with Crippen LogP contribution in [0.25, 0.3) is 0 Å². The second kappa shape index (κ2) is 5.80. The summed E-state index contributed by atoms with van der Waals surface area (Å²) in [6, 6.07) is 8.86. The van der Waals surface area contributed by atoms with Crippen molar-refractivity contribution >= 4 is 11.6 Å². The molecule has 0 bridgehead atoms. The lowest BCUT2D eigenvalue weighted by molar-refractivity contribution is 0.101. The summed E-state index contributed by atoms with van der Waals surface area (Å²) >= 11 is 0. The molecule has 0 saturated carbocycles. The van der Waals surface area contributed by atoms with Gasteiger partial charge in [-0.15, -0.1) is 0 Å². The van der Waals surface area contributed by atoms with E-state index in [1.54, 1.807) is 24.3 Å². The van der Waals surface area contributed by atoms with Gasteiger partial charge in [0.05, 0.1) is 11.6 Å². The number of rotatable bonds is 2. The minimum absolute atomic E-state index is 0.281. The third-order valence-corrected chi connectivity index (χ3v) is 3.66. The summed E-state index contributed by atoms with van der Waals surface area (Å²) in [6.07, 6.45) is 4.96. The number of benzene rings is 1. The summed E-state index contributed by atoms with van der Waals surface area (Å²) in [6.45, 7) is 0. The molecule has 0 radical (unpaired) electrons. The third-order valence-electron chi connectivity index (χ3n) is 3.66. The van der Waals surface area contributed by atoms with Crippen molar-refractivity contribution in [3.8, 4) is 6.07 Å². The molecule has 5 nitrogen and oxygen atoms in total. The van der Waals surface area contributed by atoms with Gasteiger partial charge >= 0.3 is 0 Å². The second-order valence-electron chi connectivity index (χ2n) is 5.14. The molecule has 106 valence electrons. The maximum atomic E-state index is 12.3. The summed E-state index contributed by atoms with van der Waals surface area (Å²) in [4.78, 5) is 12.3. The van der Waals surface area contributed by atoms with Crippen LogP contribution in [0.15, 0.2) is 28.8 Å². The average Bonchev–Trinajstić information content (AvgIpc) is 2.76. The highest BCUT2D eigenvalue weighted by Crippen LogP contribution is 2.24. The molecule has 1 aromatic carbocycles. The number of aromatic nitrogens is 1. The molecule has 3 rings (SSSR count). The van der Waals surface area contributed by atoms with E-state index in [1.807, 2.05) is 6.07 Å². The Morgan fingerprint density at radius 1 is 1.29 bits per heavy atom. The Labute approximate surface area is 122 Å². The van der Waals surface area contributed by atoms with Crippen LogP contribution in [0.2, 0.25) is 0 Å². The van der Waals surface area contributed by atoms with Crippen LogP contribution < -0.4 is 5.32 Å². The van der Waals surface area contributed by atoms with Gasteiger partial charge in [0.1, 0.15) is 5.76 Å². The first-order valence-corrected chi connectivity index (χ1v) is 7.07. The molecule has 0 fully saturated rings. The lowest BCUT2D eigenvalue weighted by atomic mass is 10.1. The third kappa shape index (κ3) is 2.79. The van der Waals surface area contributed by atoms with Crippen LogP contribution in [0, 0.1) is 11.3 Å². The van der Waals surface area contributed by atoms with Crippen LogP contribution in [0.3, 0.4) is 0 Å². The molecule has 1 aliphatic carbocycles. The van der Waals surface area contributed by atoms with Crippen molar-refractivity contribution in [1.29, 1.82) is 5.26 Å². The van der Waals surface area contributed by atoms with Crippen molar-refractivity contribution in [2.24, 2.45) is 0 Å². The standard InChI is InChI=1S/C16H15N3O2/c17-10-11-5-4-6-12(9-11)18-16(20)15-13-7-2-1-3-8-14(13)21-19-15/h4-6,9H,1-3,7-8H2,(H,18,20). The number of nitriles is 1. The van der Waals surface area contributed by atoms with Gasteiger partial charge in [0.15, 0.2) is 5.69 Å². The molecular weight excluding hydrogens is 266 g/mol. The number of carbonyl (C=O) groups excluding carboxylic acids is 1. The molecule has 1 aromatic heterocycles. The number of anilines is 1. The summed E-state index contributed by atoms with van der Waals surface area (Å²) < 4.78 is 5.31. The molecule has 1 amide bonds. The summed E-state index contributed by atoms with van der Waals surface area (Å²) in [5, 5.41) is 15.6. The number of fused-ring (bicyclic) bond motifs is 1. The van der Waals surface area contributed by atoms with E-state index in [9.17, 15) is 4.79 Å². The van der Waals surface area contributed by atoms with E-state index in [4.69, 9.17) is 9.78 Å². The Morgan fingerprint density at radius 2 is 2.14 bits per heavy atom. The maximum Gasteiger partial charge on any atom is 0.278 e. The number of hydrogen-bond acceptors (Lipinski definition) is 4. The van der Waals surface area contributed by atoms with Gasteiger partial charge in [0, 0.05) is 17.7 Å². The molecule has 1 N–H and O–H groups in total. The second-order valence-corrected chi connectivity index (χ2v) is 5.14. The Balaban J connectivity index is 1.82. The van der Waals surface area contributed by atoms with Crippen molar-refractivity contribution in [3.63, 3.8) is 0 Å². The fourth-order valence-electron chi connectivity index (χ4n) is 2.60. The van der Waals surface area contributed by atoms with E-state index in [0.29, 0.717) is 16.9 Å². The van der Waals surface area contributed by atoms with Crippen LogP contribution in [0.5, 0.6) is 0 Å². The summed E-state index contributed by atoms with van der Waals surface area (Å²) in [7, 11) is 0. The van der Waals surface area contributed by atoms with E-state index in [-0.39, 0.29) is 5.91 Å². The van der Waals surface area contributed by atoms with Gasteiger partial charge in [-0.1, -0.05) is 17.6 Å². The number of amides is 1. The first-order valence-electron chi connectivity index (χ1n) is 7.07. The van der Waals surface area contributed by atoms with Crippen molar-refractivity contribution in [2.75, 3.05) is 5.32 Å². The molecule has 21 heavy (non-hydrogen) atoms. The monoisotopic (exact) mass is 281 g/mol. The van der Waals surface area contributed by atoms with Gasteiger partial charge < -0.3 is 9.84 Å². The van der Waals surface area contributed by atoms with E-state index in [1.165, 1.54) is 0 Å². The minimum Gasteiger partial charge on any atom is -0.360 e. The Hall–Kier alpha value is -2.61. The van der Waals surface area contributed by atoms with E-state index < -0.39 is 0 Å². The molecule has 0 saturated heterocycles. The van der Waals surface area contributed by atoms with Crippen LogP contribution in [-0.2, 0) is 12.8 Å². The van der Waals surface area contributed by atoms with E-state index in [0.717, 1.165) is 43.4 Å². The average molecular weight is 281 g/mol. The molecule has 0 aliphatic heterocycles. The summed E-state index contributed by atoms with van der Waals surface area (Å²) in [5.74, 6) is 0.556. The zero-order chi connectivity index (χ0) is 14.7. The lowest BCUT2D eigenvalue weighted by Crippen LogP contribution is -2.14. The van der Waals surface area contributed by atoms with Crippen LogP contribution in [-0.4, -0.2) is 11.1 Å². The number of nitrogens with zero attached hydrogens (tertiary/aromatic N) is 2. The topological polar surface area (TPSA) is 78.9 Å². The Kier molecular flexibility index (Phi) is 3.69. The van der Waals surface area contributed by atoms with Gasteiger partial charge in [-0.25, -0.2) is 0 Å². The first kappa shape index (κ1) is 13.4. The van der Waals surface area contributed by atoms with Crippen molar-refractivity contribution in [3.05, 3.63) is 46.8 Å². The minimum atomic E-state index is -0.281. The zero-order valence-corrected chi connectivity index (χ0v) is 11.6. The number of aryl methyl sites for hydroxylation is 1. The van der Waals surface area contributed by atoms with Gasteiger partial charge in [0.25, 0.3) is 5.91 Å². The highest BCUT2D eigenvalue weighted by atomic mass is 16.5. The zero-order valence-electron chi connectivity index (χ0n) is 11.6. The highest BCUT2D eigenvalue weighted by molar-refractivity contribution is 6.04. The summed E-state index contributed by atoms with van der Waals surface area (Å²) in [5.41, 5.74) is 2.40. The van der Waals surface area contributed by atoms with Gasteiger partial charge in [-0.2, -0.15) is 5.26 Å². The SMILES string of the molecule is N#Cc1cccc(NC(=O)c2noc3c2CCCCC3)c1. The van der Waals surface area contributed by atoms with Crippen LogP contribution in [0.1, 0.15) is 46.6 Å². The molecule has 0 unspecified atom stereocenters. The molecule has 5 heteroatoms. The maximum absolute atomic E-state index is 12.3. The molecule has 0 spiro atoms. The number of hydrogen-bond donors (Lipinski definition) is 1. The molecule has 1 heterocycles. The highest BCUT2D eigenvalue weighted by Gasteiger charge is 2.23. The normalized spacial score (nSPS) is 13.9. The van der Waals surface area contributed by atoms with Gasteiger partial charge in [0.2, 0.25) is 0 Å². The molecule has 1 aliphatic rings. The Morgan fingerprint density at radius 3 is 3.00 bits per heavy atom. The fraction of sp³-hybridized carbons (Fsp3) is 0.312. The predicted octanol–water partition coefficient (Wildman–Crippen LogP) is 3.07. The number of nitrogens with one attached hydrogen (secondary N) is 1. The largest absolute Gasteiger partial charge is 0.360 e. The first-order chi connectivity index (χ1) is 10.3. The van der Waals surface area contributed by atoms with Gasteiger partial charge in [-0.05, 0) is 37.5 Å². The molecule has 2 aromatic rings. The smallest absolute Gasteiger partial charge is 0.278 e. The van der Waals surface area contributed by atoms with Crippen LogP contribution >= 0.6 is 0 Å². The van der Waals surface area contributed by atoms with Crippen molar-refractivity contribution in [1.82, 2.24) is 5.16 Å². The van der Waals surface area contributed by atoms with Crippen molar-refractivity contribution in [2.45, 2.75) is 32.1 Å². The molecular formula is C16H15N3O2.